The van der Waals surface area contributed by atoms with E-state index >= 15 is 0 Å². The van der Waals surface area contributed by atoms with E-state index in [2.05, 4.69) is 50.8 Å². The van der Waals surface area contributed by atoms with E-state index in [9.17, 15) is 0 Å². The Morgan fingerprint density at radius 3 is 2.05 bits per heavy atom. The maximum Gasteiger partial charge on any atom is 0.0594 e. The van der Waals surface area contributed by atoms with Crippen LogP contribution >= 0.6 is 0 Å². The monoisotopic (exact) mass is 291 g/mol. The molecule has 2 nitrogen and oxygen atoms in total. The average molecular weight is 291 g/mol. The first-order chi connectivity index (χ1) is 10.1. The van der Waals surface area contributed by atoms with Crippen LogP contribution in [0.2, 0.25) is 0 Å². The molecule has 2 heteroatoms. The average Bonchev–Trinajstić information content (AvgIpc) is 2.46. The lowest BCUT2D eigenvalue weighted by molar-refractivity contribution is 0.0433. The summed E-state index contributed by atoms with van der Waals surface area (Å²) in [7, 11) is 0. The molecule has 0 N–H and O–H groups in total. The zero-order valence-corrected chi connectivity index (χ0v) is 14.5. The molecule has 1 heterocycles. The van der Waals surface area contributed by atoms with Gasteiger partial charge in [0.05, 0.1) is 13.2 Å². The van der Waals surface area contributed by atoms with Crippen molar-refractivity contribution in [3.63, 3.8) is 0 Å². The van der Waals surface area contributed by atoms with E-state index in [1.165, 1.54) is 42.4 Å². The van der Waals surface area contributed by atoms with Gasteiger partial charge in [0, 0.05) is 19.6 Å². The largest absolute Gasteiger partial charge is 0.379 e. The molecule has 0 aromatic rings. The summed E-state index contributed by atoms with van der Waals surface area (Å²) in [5, 5.41) is 0. The van der Waals surface area contributed by atoms with Gasteiger partial charge in [-0.25, -0.2) is 0 Å². The summed E-state index contributed by atoms with van der Waals surface area (Å²) in [5.74, 6) is 0. The fourth-order valence-corrected chi connectivity index (χ4v) is 2.41. The Morgan fingerprint density at radius 2 is 1.43 bits per heavy atom. The van der Waals surface area contributed by atoms with Crippen LogP contribution < -0.4 is 0 Å². The highest BCUT2D eigenvalue weighted by atomic mass is 16.5. The zero-order chi connectivity index (χ0) is 15.5. The molecule has 120 valence electrons. The van der Waals surface area contributed by atoms with Crippen molar-refractivity contribution in [1.29, 1.82) is 0 Å². The SMILES string of the molecule is CC(C)=CCCC(C)=CCCC(C)=CCN1CCOCC1. The predicted octanol–water partition coefficient (Wildman–Crippen LogP) is 4.74. The fourth-order valence-electron chi connectivity index (χ4n) is 2.41. The molecule has 0 aromatic carbocycles. The van der Waals surface area contributed by atoms with Gasteiger partial charge in [-0.2, -0.15) is 0 Å². The second-order valence-corrected chi connectivity index (χ2v) is 6.37. The lowest BCUT2D eigenvalue weighted by Gasteiger charge is -2.25. The number of morpholine rings is 1. The van der Waals surface area contributed by atoms with Crippen LogP contribution in [0.4, 0.5) is 0 Å². The molecular weight excluding hydrogens is 258 g/mol. The van der Waals surface area contributed by atoms with Crippen LogP contribution in [-0.4, -0.2) is 37.7 Å². The van der Waals surface area contributed by atoms with E-state index in [1.54, 1.807) is 0 Å². The van der Waals surface area contributed by atoms with Gasteiger partial charge in [-0.05, 0) is 53.4 Å². The van der Waals surface area contributed by atoms with Crippen molar-refractivity contribution in [1.82, 2.24) is 4.90 Å². The van der Waals surface area contributed by atoms with Gasteiger partial charge >= 0.3 is 0 Å². The van der Waals surface area contributed by atoms with Crippen molar-refractivity contribution in [3.05, 3.63) is 34.9 Å². The third kappa shape index (κ3) is 9.65. The molecule has 0 amide bonds. The Bertz CT molecular complexity index is 369. The maximum atomic E-state index is 5.37. The molecule has 0 unspecified atom stereocenters. The molecule has 0 saturated carbocycles. The van der Waals surface area contributed by atoms with E-state index in [4.69, 9.17) is 4.74 Å². The lowest BCUT2D eigenvalue weighted by atomic mass is 10.1. The van der Waals surface area contributed by atoms with Crippen molar-refractivity contribution >= 4 is 0 Å². The van der Waals surface area contributed by atoms with Gasteiger partial charge in [0.1, 0.15) is 0 Å². The Morgan fingerprint density at radius 1 is 0.857 bits per heavy atom. The first kappa shape index (κ1) is 18.2. The summed E-state index contributed by atoms with van der Waals surface area (Å²) in [6.07, 6.45) is 11.8. The van der Waals surface area contributed by atoms with Gasteiger partial charge in [0.15, 0.2) is 0 Å². The minimum atomic E-state index is 0.889. The molecule has 0 bridgehead atoms. The highest BCUT2D eigenvalue weighted by Gasteiger charge is 2.07. The summed E-state index contributed by atoms with van der Waals surface area (Å²) in [6, 6.07) is 0. The Kier molecular flexibility index (Phi) is 9.36. The molecule has 0 radical (unpaired) electrons. The van der Waals surface area contributed by atoms with Crippen LogP contribution in [-0.2, 0) is 4.74 Å². The first-order valence-corrected chi connectivity index (χ1v) is 8.32. The van der Waals surface area contributed by atoms with Crippen LogP contribution in [0.5, 0.6) is 0 Å². The van der Waals surface area contributed by atoms with Gasteiger partial charge in [-0.1, -0.05) is 34.9 Å². The third-order valence-corrected chi connectivity index (χ3v) is 3.92. The molecule has 0 aromatic heterocycles. The van der Waals surface area contributed by atoms with Crippen molar-refractivity contribution in [2.45, 2.75) is 53.4 Å². The van der Waals surface area contributed by atoms with Crippen molar-refractivity contribution < 1.29 is 4.74 Å². The second-order valence-electron chi connectivity index (χ2n) is 6.37. The molecule has 0 atom stereocenters. The predicted molar refractivity (Wildman–Crippen MR) is 92.7 cm³/mol. The summed E-state index contributed by atoms with van der Waals surface area (Å²) < 4.78 is 5.37. The highest BCUT2D eigenvalue weighted by Crippen LogP contribution is 2.11. The molecule has 1 rings (SSSR count). The fraction of sp³-hybridized carbons (Fsp3) is 0.684. The summed E-state index contributed by atoms with van der Waals surface area (Å²) in [6.45, 7) is 13.9. The number of hydrogen-bond acceptors (Lipinski definition) is 2. The number of nitrogens with zero attached hydrogens (tertiary/aromatic N) is 1. The Balaban J connectivity index is 2.18. The number of ether oxygens (including phenoxy) is 1. The molecule has 21 heavy (non-hydrogen) atoms. The third-order valence-electron chi connectivity index (χ3n) is 3.92. The minimum absolute atomic E-state index is 0.889. The van der Waals surface area contributed by atoms with Crippen LogP contribution in [0.15, 0.2) is 34.9 Å². The van der Waals surface area contributed by atoms with Crippen molar-refractivity contribution in [2.75, 3.05) is 32.8 Å². The smallest absolute Gasteiger partial charge is 0.0594 e. The van der Waals surface area contributed by atoms with Crippen molar-refractivity contribution in [2.24, 2.45) is 0 Å². The lowest BCUT2D eigenvalue weighted by Crippen LogP contribution is -2.36. The maximum absolute atomic E-state index is 5.37. The molecule has 1 aliphatic rings. The molecule has 1 fully saturated rings. The van der Waals surface area contributed by atoms with Gasteiger partial charge in [-0.15, -0.1) is 0 Å². The zero-order valence-electron chi connectivity index (χ0n) is 14.5. The van der Waals surface area contributed by atoms with Crippen LogP contribution in [0.3, 0.4) is 0 Å². The summed E-state index contributed by atoms with van der Waals surface area (Å²) in [4.78, 5) is 2.47. The van der Waals surface area contributed by atoms with E-state index < -0.39 is 0 Å². The topological polar surface area (TPSA) is 12.5 Å². The standard InChI is InChI=1S/C19H33NO/c1-17(2)7-5-8-18(3)9-6-10-19(4)11-12-20-13-15-21-16-14-20/h7,9,11H,5-6,8,10,12-16H2,1-4H3. The first-order valence-electron chi connectivity index (χ1n) is 8.32. The summed E-state index contributed by atoms with van der Waals surface area (Å²) in [5.41, 5.74) is 4.45. The Labute approximate surface area is 131 Å². The highest BCUT2D eigenvalue weighted by molar-refractivity contribution is 5.05. The van der Waals surface area contributed by atoms with Gasteiger partial charge in [0.2, 0.25) is 0 Å². The quantitative estimate of drug-likeness (QED) is 0.599. The Hall–Kier alpha value is -0.860. The van der Waals surface area contributed by atoms with Crippen molar-refractivity contribution in [3.8, 4) is 0 Å². The minimum Gasteiger partial charge on any atom is -0.379 e. The molecule has 1 aliphatic heterocycles. The van der Waals surface area contributed by atoms with E-state index in [0.29, 0.717) is 0 Å². The number of rotatable bonds is 8. The van der Waals surface area contributed by atoms with Gasteiger partial charge in [-0.3, -0.25) is 4.90 Å². The molecular formula is C19H33NO. The van der Waals surface area contributed by atoms with E-state index in [0.717, 1.165) is 32.8 Å². The molecule has 0 aliphatic carbocycles. The van der Waals surface area contributed by atoms with E-state index in [-0.39, 0.29) is 0 Å². The number of hydrogen-bond donors (Lipinski definition) is 0. The van der Waals surface area contributed by atoms with Gasteiger partial charge in [0.25, 0.3) is 0 Å². The number of allylic oxidation sites excluding steroid dienone is 5. The van der Waals surface area contributed by atoms with Gasteiger partial charge < -0.3 is 4.74 Å². The second kappa shape index (κ2) is 10.8. The van der Waals surface area contributed by atoms with Crippen LogP contribution in [0.25, 0.3) is 0 Å². The summed E-state index contributed by atoms with van der Waals surface area (Å²) >= 11 is 0. The molecule has 1 saturated heterocycles. The van der Waals surface area contributed by atoms with Crippen LogP contribution in [0.1, 0.15) is 53.4 Å². The van der Waals surface area contributed by atoms with Crippen LogP contribution in [0, 0.1) is 0 Å². The molecule has 0 spiro atoms. The normalized spacial score (nSPS) is 17.9. The van der Waals surface area contributed by atoms with E-state index in [1.807, 2.05) is 0 Å².